The van der Waals surface area contributed by atoms with Crippen LogP contribution in [0, 0.1) is 3.57 Å². The highest BCUT2D eigenvalue weighted by molar-refractivity contribution is 14.1. The summed E-state index contributed by atoms with van der Waals surface area (Å²) in [5, 5.41) is 1.20. The Balaban J connectivity index is 2.63. The van der Waals surface area contributed by atoms with Crippen molar-refractivity contribution in [1.29, 1.82) is 0 Å². The molecule has 2 aromatic rings. The lowest BCUT2D eigenvalue weighted by molar-refractivity contribution is 1.13. The van der Waals surface area contributed by atoms with Crippen LogP contribution < -0.4 is 4.90 Å². The average molecular weight is 298 g/mol. The molecule has 3 heteroatoms. The zero-order valence-electron chi connectivity index (χ0n) is 8.16. The lowest BCUT2D eigenvalue weighted by Gasteiger charge is -2.12. The maximum atomic E-state index is 4.36. The number of hydrogen-bond donors (Lipinski definition) is 0. The van der Waals surface area contributed by atoms with Gasteiger partial charge in [0.2, 0.25) is 0 Å². The number of aromatic nitrogens is 1. The molecule has 0 N–H and O–H groups in total. The minimum absolute atomic E-state index is 1.05. The number of anilines is 1. The molecule has 2 nitrogen and oxygen atoms in total. The maximum absolute atomic E-state index is 4.36. The monoisotopic (exact) mass is 298 g/mol. The van der Waals surface area contributed by atoms with Gasteiger partial charge in [0, 0.05) is 34.9 Å². The van der Waals surface area contributed by atoms with Crippen molar-refractivity contribution in [2.24, 2.45) is 0 Å². The van der Waals surface area contributed by atoms with Crippen LogP contribution in [0.1, 0.15) is 0 Å². The highest BCUT2D eigenvalue weighted by atomic mass is 127. The van der Waals surface area contributed by atoms with Crippen LogP contribution >= 0.6 is 22.6 Å². The van der Waals surface area contributed by atoms with Crippen LogP contribution in [0.2, 0.25) is 0 Å². The summed E-state index contributed by atoms with van der Waals surface area (Å²) in [6.45, 7) is 0. The molecule has 0 spiro atoms. The molecule has 72 valence electrons. The van der Waals surface area contributed by atoms with E-state index in [-0.39, 0.29) is 0 Å². The maximum Gasteiger partial charge on any atom is 0.0704 e. The summed E-state index contributed by atoms with van der Waals surface area (Å²) in [4.78, 5) is 6.45. The number of pyridine rings is 1. The summed E-state index contributed by atoms with van der Waals surface area (Å²) >= 11 is 2.28. The molecule has 0 aliphatic heterocycles. The molecule has 0 saturated carbocycles. The third-order valence-electron chi connectivity index (χ3n) is 2.15. The Labute approximate surface area is 97.1 Å². The molecule has 0 radical (unpaired) electrons. The van der Waals surface area contributed by atoms with E-state index in [9.17, 15) is 0 Å². The summed E-state index contributed by atoms with van der Waals surface area (Å²) in [5.41, 5.74) is 2.26. The first-order valence-corrected chi connectivity index (χ1v) is 5.47. The Hall–Kier alpha value is -0.840. The fourth-order valence-corrected chi connectivity index (χ4v) is 1.85. The first kappa shape index (κ1) is 9.71. The summed E-state index contributed by atoms with van der Waals surface area (Å²) in [6, 6.07) is 8.45. The number of halogens is 1. The van der Waals surface area contributed by atoms with Gasteiger partial charge in [0.1, 0.15) is 0 Å². The lowest BCUT2D eigenvalue weighted by atomic mass is 10.2. The van der Waals surface area contributed by atoms with E-state index in [1.54, 1.807) is 0 Å². The standard InChI is InChI=1S/C11H11IN2/c1-14(2)10-3-4-11-8(6-10)5-9(12)7-13-11/h3-7H,1-2H3. The van der Waals surface area contributed by atoms with Crippen molar-refractivity contribution in [2.75, 3.05) is 19.0 Å². The van der Waals surface area contributed by atoms with Crippen molar-refractivity contribution in [3.8, 4) is 0 Å². The van der Waals surface area contributed by atoms with Gasteiger partial charge in [-0.1, -0.05) is 0 Å². The smallest absolute Gasteiger partial charge is 0.0704 e. The minimum atomic E-state index is 1.05. The molecular formula is C11H11IN2. The van der Waals surface area contributed by atoms with E-state index in [1.807, 2.05) is 20.3 Å². The molecule has 14 heavy (non-hydrogen) atoms. The predicted molar refractivity (Wildman–Crippen MR) is 68.8 cm³/mol. The van der Waals surface area contributed by atoms with Crippen LogP contribution in [0.3, 0.4) is 0 Å². The predicted octanol–water partition coefficient (Wildman–Crippen LogP) is 2.91. The normalized spacial score (nSPS) is 10.5. The van der Waals surface area contributed by atoms with Crippen molar-refractivity contribution < 1.29 is 0 Å². The second kappa shape index (κ2) is 3.73. The second-order valence-corrected chi connectivity index (χ2v) is 4.67. The summed E-state index contributed by atoms with van der Waals surface area (Å²) in [5.74, 6) is 0. The zero-order valence-corrected chi connectivity index (χ0v) is 10.3. The van der Waals surface area contributed by atoms with Crippen LogP contribution in [0.4, 0.5) is 5.69 Å². The third kappa shape index (κ3) is 1.82. The number of benzene rings is 1. The highest BCUT2D eigenvalue weighted by Gasteiger charge is 1.99. The number of hydrogen-bond acceptors (Lipinski definition) is 2. The number of rotatable bonds is 1. The fourth-order valence-electron chi connectivity index (χ4n) is 1.37. The molecule has 1 aromatic carbocycles. The molecule has 0 aliphatic rings. The van der Waals surface area contributed by atoms with Crippen molar-refractivity contribution >= 4 is 39.2 Å². The molecule has 0 unspecified atom stereocenters. The van der Waals surface area contributed by atoms with E-state index in [4.69, 9.17) is 0 Å². The number of fused-ring (bicyclic) bond motifs is 1. The van der Waals surface area contributed by atoms with Crippen molar-refractivity contribution in [2.45, 2.75) is 0 Å². The van der Waals surface area contributed by atoms with Crippen molar-refractivity contribution in [3.63, 3.8) is 0 Å². The summed E-state index contributed by atoms with van der Waals surface area (Å²) in [6.07, 6.45) is 1.89. The van der Waals surface area contributed by atoms with Gasteiger partial charge in [0.05, 0.1) is 5.52 Å². The van der Waals surface area contributed by atoms with Crippen LogP contribution in [-0.2, 0) is 0 Å². The zero-order chi connectivity index (χ0) is 10.1. The van der Waals surface area contributed by atoms with E-state index in [2.05, 4.69) is 56.7 Å². The van der Waals surface area contributed by atoms with Gasteiger partial charge in [-0.05, 0) is 46.9 Å². The Morgan fingerprint density at radius 3 is 2.71 bits per heavy atom. The SMILES string of the molecule is CN(C)c1ccc2ncc(I)cc2c1. The summed E-state index contributed by atoms with van der Waals surface area (Å²) < 4.78 is 1.17. The fraction of sp³-hybridized carbons (Fsp3) is 0.182. The van der Waals surface area contributed by atoms with E-state index >= 15 is 0 Å². The van der Waals surface area contributed by atoms with Gasteiger partial charge >= 0.3 is 0 Å². The van der Waals surface area contributed by atoms with E-state index < -0.39 is 0 Å². The first-order valence-electron chi connectivity index (χ1n) is 4.39. The third-order valence-corrected chi connectivity index (χ3v) is 2.74. The van der Waals surface area contributed by atoms with Gasteiger partial charge in [-0.2, -0.15) is 0 Å². The van der Waals surface area contributed by atoms with E-state index in [0.29, 0.717) is 0 Å². The molecule has 0 atom stereocenters. The highest BCUT2D eigenvalue weighted by Crippen LogP contribution is 2.20. The second-order valence-electron chi connectivity index (χ2n) is 3.42. The molecule has 1 aromatic heterocycles. The topological polar surface area (TPSA) is 16.1 Å². The quantitative estimate of drug-likeness (QED) is 0.753. The van der Waals surface area contributed by atoms with E-state index in [1.165, 1.54) is 14.6 Å². The molecule has 0 bridgehead atoms. The minimum Gasteiger partial charge on any atom is -0.378 e. The van der Waals surface area contributed by atoms with Gasteiger partial charge < -0.3 is 4.90 Å². The largest absolute Gasteiger partial charge is 0.378 e. The number of nitrogens with zero attached hydrogens (tertiary/aromatic N) is 2. The molecule has 0 saturated heterocycles. The Kier molecular flexibility index (Phi) is 2.58. The van der Waals surface area contributed by atoms with Gasteiger partial charge in [-0.15, -0.1) is 0 Å². The molecule has 0 fully saturated rings. The van der Waals surface area contributed by atoms with Crippen LogP contribution in [-0.4, -0.2) is 19.1 Å². The molecule has 1 heterocycles. The first-order chi connectivity index (χ1) is 6.66. The van der Waals surface area contributed by atoms with Gasteiger partial charge in [0.15, 0.2) is 0 Å². The van der Waals surface area contributed by atoms with Crippen LogP contribution in [0.25, 0.3) is 10.9 Å². The Morgan fingerprint density at radius 2 is 2.00 bits per heavy atom. The van der Waals surface area contributed by atoms with Crippen LogP contribution in [0.5, 0.6) is 0 Å². The Bertz CT molecular complexity index is 466. The van der Waals surface area contributed by atoms with Gasteiger partial charge in [-0.3, -0.25) is 4.98 Å². The Morgan fingerprint density at radius 1 is 1.21 bits per heavy atom. The van der Waals surface area contributed by atoms with Crippen molar-refractivity contribution in [1.82, 2.24) is 4.98 Å². The molecule has 0 amide bonds. The van der Waals surface area contributed by atoms with Gasteiger partial charge in [-0.25, -0.2) is 0 Å². The molecular weight excluding hydrogens is 287 g/mol. The molecule has 0 aliphatic carbocycles. The summed E-state index contributed by atoms with van der Waals surface area (Å²) in [7, 11) is 4.09. The molecule has 2 rings (SSSR count). The lowest BCUT2D eigenvalue weighted by Crippen LogP contribution is -2.08. The van der Waals surface area contributed by atoms with E-state index in [0.717, 1.165) is 5.52 Å². The van der Waals surface area contributed by atoms with Crippen LogP contribution in [0.15, 0.2) is 30.5 Å². The van der Waals surface area contributed by atoms with Crippen molar-refractivity contribution in [3.05, 3.63) is 34.0 Å². The average Bonchev–Trinajstić information content (AvgIpc) is 2.16. The van der Waals surface area contributed by atoms with Gasteiger partial charge in [0.25, 0.3) is 0 Å².